The van der Waals surface area contributed by atoms with Gasteiger partial charge in [-0.15, -0.1) is 0 Å². The molecule has 0 radical (unpaired) electrons. The van der Waals surface area contributed by atoms with Gasteiger partial charge < -0.3 is 0 Å². The van der Waals surface area contributed by atoms with Crippen LogP contribution >= 0.6 is 15.9 Å². The van der Waals surface area contributed by atoms with Gasteiger partial charge in [-0.05, 0) is 37.8 Å². The van der Waals surface area contributed by atoms with Crippen molar-refractivity contribution in [1.82, 2.24) is 0 Å². The number of nitrogens with zero attached hydrogens (tertiary/aromatic N) is 3. The van der Waals surface area contributed by atoms with Gasteiger partial charge in [0.15, 0.2) is 11.7 Å². The largest absolute Gasteiger partial charge is 0.261 e. The van der Waals surface area contributed by atoms with Gasteiger partial charge in [0.2, 0.25) is 0 Å². The van der Waals surface area contributed by atoms with E-state index in [-0.39, 0.29) is 0 Å². The summed E-state index contributed by atoms with van der Waals surface area (Å²) in [5.41, 5.74) is 2.87. The Bertz CT molecular complexity index is 908. The second-order valence-electron chi connectivity index (χ2n) is 5.91. The number of allylic oxidation sites excluding steroid dienone is 7. The maximum absolute atomic E-state index is 4.77. The molecular weight excluding hydrogens is 434 g/mol. The van der Waals surface area contributed by atoms with Crippen LogP contribution in [0.15, 0.2) is 116 Å². The summed E-state index contributed by atoms with van der Waals surface area (Å²) < 4.78 is 0.999. The molecule has 0 atom stereocenters. The van der Waals surface area contributed by atoms with E-state index < -0.39 is 0 Å². The van der Waals surface area contributed by atoms with Crippen LogP contribution < -0.4 is 0 Å². The van der Waals surface area contributed by atoms with Gasteiger partial charge in [0.25, 0.3) is 0 Å². The van der Waals surface area contributed by atoms with Crippen LogP contribution in [0.1, 0.15) is 32.8 Å². The number of amidine groups is 2. The summed E-state index contributed by atoms with van der Waals surface area (Å²) in [7, 11) is 0. The van der Waals surface area contributed by atoms with Crippen molar-refractivity contribution in [3.8, 4) is 0 Å². The molecule has 0 amide bonds. The molecule has 0 heterocycles. The van der Waals surface area contributed by atoms with Crippen LogP contribution in [0.2, 0.25) is 0 Å². The van der Waals surface area contributed by atoms with Crippen molar-refractivity contribution in [3.05, 3.63) is 107 Å². The molecule has 0 aliphatic heterocycles. The number of hydrogen-bond donors (Lipinski definition) is 0. The van der Waals surface area contributed by atoms with Crippen molar-refractivity contribution >= 4 is 34.3 Å². The van der Waals surface area contributed by atoms with E-state index in [1.54, 1.807) is 6.08 Å². The zero-order valence-corrected chi connectivity index (χ0v) is 19.6. The van der Waals surface area contributed by atoms with E-state index in [0.29, 0.717) is 18.2 Å². The summed E-state index contributed by atoms with van der Waals surface area (Å²) in [5.74, 6) is 1.15. The minimum absolute atomic E-state index is 0.495. The third-order valence-corrected chi connectivity index (χ3v) is 4.36. The van der Waals surface area contributed by atoms with E-state index in [1.807, 2.05) is 81.5 Å². The van der Waals surface area contributed by atoms with Crippen molar-refractivity contribution in [2.24, 2.45) is 15.0 Å². The van der Waals surface area contributed by atoms with Crippen molar-refractivity contribution in [1.29, 1.82) is 0 Å². The molecule has 156 valence electrons. The summed E-state index contributed by atoms with van der Waals surface area (Å²) in [6.07, 6.45) is 18.9. The Hall–Kier alpha value is -2.85. The van der Waals surface area contributed by atoms with Crippen LogP contribution in [0.4, 0.5) is 0 Å². The van der Waals surface area contributed by atoms with E-state index >= 15 is 0 Å². The first-order valence-electron chi connectivity index (χ1n) is 10.0. The summed E-state index contributed by atoms with van der Waals surface area (Å²) in [4.78, 5) is 13.6. The molecule has 30 heavy (non-hydrogen) atoms. The molecule has 0 saturated carbocycles. The summed E-state index contributed by atoms with van der Waals surface area (Å²) in [6, 6.07) is 7.82. The first-order valence-corrected chi connectivity index (χ1v) is 10.8. The maximum atomic E-state index is 4.77. The molecule has 0 aromatic heterocycles. The van der Waals surface area contributed by atoms with Gasteiger partial charge in [-0.2, -0.15) is 0 Å². The van der Waals surface area contributed by atoms with Crippen molar-refractivity contribution in [2.75, 3.05) is 6.54 Å². The average Bonchev–Trinajstić information content (AvgIpc) is 3.06. The van der Waals surface area contributed by atoms with Gasteiger partial charge in [-0.3, -0.25) is 4.99 Å². The molecule has 0 N–H and O–H groups in total. The summed E-state index contributed by atoms with van der Waals surface area (Å²) >= 11 is 3.45. The molecule has 0 spiro atoms. The highest BCUT2D eigenvalue weighted by atomic mass is 79.9. The van der Waals surface area contributed by atoms with Gasteiger partial charge in [0.1, 0.15) is 0 Å². The molecule has 4 heteroatoms. The molecule has 0 unspecified atom stereocenters. The number of benzene rings is 1. The Kier molecular flexibility index (Phi) is 12.6. The van der Waals surface area contributed by atoms with Gasteiger partial charge in [-0.25, -0.2) is 9.98 Å². The predicted molar refractivity (Wildman–Crippen MR) is 138 cm³/mol. The molecule has 3 nitrogen and oxygen atoms in total. The number of hydrogen-bond acceptors (Lipinski definition) is 1. The standard InChI is InChI=1S/C24H24BrN3.C2H6/c1-4-10-19(11-5-2)18-27-24(20-12-8-6-7-9-13-20)28-23(26-3)21-14-16-22(25)17-15-21;1-2/h4-6,8-17H,1,3,7,18H2,2H3;1-2H3/b11-5-,19-10+,27-24?,28-23?;. The Labute approximate surface area is 189 Å². The first kappa shape index (κ1) is 25.2. The second kappa shape index (κ2) is 15.1. The quantitative estimate of drug-likeness (QED) is 0.238. The van der Waals surface area contributed by atoms with Crippen molar-refractivity contribution < 1.29 is 0 Å². The molecule has 2 rings (SSSR count). The molecular formula is C26H30BrN3. The smallest absolute Gasteiger partial charge is 0.161 e. The Morgan fingerprint density at radius 3 is 2.50 bits per heavy atom. The molecule has 0 bridgehead atoms. The van der Waals surface area contributed by atoms with E-state index in [0.717, 1.165) is 27.6 Å². The molecule has 1 aromatic rings. The van der Waals surface area contributed by atoms with Gasteiger partial charge in [0, 0.05) is 15.6 Å². The maximum Gasteiger partial charge on any atom is 0.161 e. The Balaban J connectivity index is 0.00000218. The third-order valence-electron chi connectivity index (χ3n) is 3.83. The predicted octanol–water partition coefficient (Wildman–Crippen LogP) is 7.45. The Morgan fingerprint density at radius 1 is 1.13 bits per heavy atom. The van der Waals surface area contributed by atoms with Crippen LogP contribution in [-0.2, 0) is 0 Å². The van der Waals surface area contributed by atoms with Gasteiger partial charge in [0.05, 0.1) is 6.54 Å². The van der Waals surface area contributed by atoms with Gasteiger partial charge >= 0.3 is 0 Å². The number of aliphatic imine (C=N–C) groups is 3. The third kappa shape index (κ3) is 8.66. The van der Waals surface area contributed by atoms with Crippen molar-refractivity contribution in [3.63, 3.8) is 0 Å². The fourth-order valence-corrected chi connectivity index (χ4v) is 2.77. The van der Waals surface area contributed by atoms with Crippen LogP contribution in [0.3, 0.4) is 0 Å². The van der Waals surface area contributed by atoms with Gasteiger partial charge in [-0.1, -0.05) is 103 Å². The fraction of sp³-hybridized carbons (Fsp3) is 0.192. The van der Waals surface area contributed by atoms with Crippen LogP contribution in [-0.4, -0.2) is 24.9 Å². The first-order chi connectivity index (χ1) is 14.7. The highest BCUT2D eigenvalue weighted by molar-refractivity contribution is 9.10. The van der Waals surface area contributed by atoms with Crippen LogP contribution in [0.5, 0.6) is 0 Å². The normalized spacial score (nSPS) is 14.7. The lowest BCUT2D eigenvalue weighted by atomic mass is 10.1. The minimum Gasteiger partial charge on any atom is -0.261 e. The van der Waals surface area contributed by atoms with Crippen molar-refractivity contribution in [2.45, 2.75) is 27.2 Å². The summed E-state index contributed by atoms with van der Waals surface area (Å²) in [5, 5.41) is 0. The van der Waals surface area contributed by atoms with E-state index in [9.17, 15) is 0 Å². The molecule has 0 fully saturated rings. The topological polar surface area (TPSA) is 37.1 Å². The lowest BCUT2D eigenvalue weighted by Gasteiger charge is -2.06. The second-order valence-corrected chi connectivity index (χ2v) is 6.82. The van der Waals surface area contributed by atoms with E-state index in [2.05, 4.69) is 46.4 Å². The number of halogens is 1. The zero-order chi connectivity index (χ0) is 22.2. The van der Waals surface area contributed by atoms with E-state index in [4.69, 9.17) is 9.98 Å². The average molecular weight is 464 g/mol. The SMILES string of the molecule is C=C/C=C(\C=C/C)CN=C(N=C(N=C)c1ccc(Br)cc1)C1=CC=CCC=C1.CC. The molecule has 0 saturated heterocycles. The minimum atomic E-state index is 0.495. The zero-order valence-electron chi connectivity index (χ0n) is 18.1. The Morgan fingerprint density at radius 2 is 1.87 bits per heavy atom. The lowest BCUT2D eigenvalue weighted by Crippen LogP contribution is -2.06. The van der Waals surface area contributed by atoms with E-state index in [1.165, 1.54) is 0 Å². The summed E-state index contributed by atoms with van der Waals surface area (Å²) in [6.45, 7) is 13.9. The molecule has 1 aromatic carbocycles. The van der Waals surface area contributed by atoms with Crippen LogP contribution in [0.25, 0.3) is 0 Å². The molecule has 1 aliphatic carbocycles. The monoisotopic (exact) mass is 463 g/mol. The fourth-order valence-electron chi connectivity index (χ4n) is 2.50. The molecule has 1 aliphatic rings. The highest BCUT2D eigenvalue weighted by Gasteiger charge is 2.08. The lowest BCUT2D eigenvalue weighted by molar-refractivity contribution is 1.17. The highest BCUT2D eigenvalue weighted by Crippen LogP contribution is 2.15. The number of rotatable bonds is 6. The van der Waals surface area contributed by atoms with Crippen LogP contribution in [0, 0.1) is 0 Å².